The van der Waals surface area contributed by atoms with Crippen LogP contribution in [-0.4, -0.2) is 48.7 Å². The summed E-state index contributed by atoms with van der Waals surface area (Å²) >= 11 is 0. The smallest absolute Gasteiger partial charge is 0.143 e. The summed E-state index contributed by atoms with van der Waals surface area (Å²) in [6, 6.07) is 4.25. The molecule has 0 amide bonds. The summed E-state index contributed by atoms with van der Waals surface area (Å²) in [5, 5.41) is 25.1. The Morgan fingerprint density at radius 1 is 1.30 bits per heavy atom. The summed E-state index contributed by atoms with van der Waals surface area (Å²) < 4.78 is 5.98. The molecule has 5 heteroatoms. The first-order chi connectivity index (χ1) is 11.0. The Kier molecular flexibility index (Phi) is 6.69. The zero-order valence-electron chi connectivity index (χ0n) is 14.4. The number of hydrogen-bond donors (Lipinski definition) is 4. The van der Waals surface area contributed by atoms with Gasteiger partial charge in [-0.05, 0) is 75.9 Å². The molecule has 0 radical (unpaired) electrons. The van der Waals surface area contributed by atoms with Crippen LogP contribution < -0.4 is 15.4 Å². The van der Waals surface area contributed by atoms with Gasteiger partial charge in [-0.2, -0.15) is 0 Å². The summed E-state index contributed by atoms with van der Waals surface area (Å²) in [4.78, 5) is 0. The second kappa shape index (κ2) is 8.52. The normalized spacial score (nSPS) is 17.3. The fourth-order valence-corrected chi connectivity index (χ4v) is 3.06. The van der Waals surface area contributed by atoms with E-state index in [4.69, 9.17) is 9.84 Å². The maximum Gasteiger partial charge on any atom is 0.143 e. The zero-order valence-corrected chi connectivity index (χ0v) is 14.4. The minimum absolute atomic E-state index is 0.0851. The van der Waals surface area contributed by atoms with Crippen molar-refractivity contribution in [3.8, 4) is 5.75 Å². The van der Waals surface area contributed by atoms with Crippen molar-refractivity contribution in [2.75, 3.05) is 31.6 Å². The van der Waals surface area contributed by atoms with Crippen LogP contribution >= 0.6 is 0 Å². The number of hydrogen-bond acceptors (Lipinski definition) is 5. The van der Waals surface area contributed by atoms with Gasteiger partial charge < -0.3 is 25.6 Å². The number of anilines is 1. The Balaban J connectivity index is 2.24. The van der Waals surface area contributed by atoms with Crippen LogP contribution in [0.5, 0.6) is 5.75 Å². The molecule has 2 rings (SSSR count). The zero-order chi connectivity index (χ0) is 16.8. The average Bonchev–Trinajstić information content (AvgIpc) is 2.54. The minimum atomic E-state index is -0.772. The van der Waals surface area contributed by atoms with Crippen molar-refractivity contribution in [1.82, 2.24) is 5.32 Å². The van der Waals surface area contributed by atoms with Crippen molar-refractivity contribution in [2.45, 2.75) is 51.7 Å². The summed E-state index contributed by atoms with van der Waals surface area (Å²) in [7, 11) is 0. The predicted octanol–water partition coefficient (Wildman–Crippen LogP) is 2.01. The molecule has 23 heavy (non-hydrogen) atoms. The van der Waals surface area contributed by atoms with Crippen molar-refractivity contribution in [3.63, 3.8) is 0 Å². The lowest BCUT2D eigenvalue weighted by Crippen LogP contribution is -2.27. The van der Waals surface area contributed by atoms with Crippen molar-refractivity contribution in [3.05, 3.63) is 23.3 Å². The molecule has 5 nitrogen and oxygen atoms in total. The van der Waals surface area contributed by atoms with Crippen LogP contribution in [0.2, 0.25) is 0 Å². The highest BCUT2D eigenvalue weighted by Gasteiger charge is 2.20. The largest absolute Gasteiger partial charge is 0.489 e. The van der Waals surface area contributed by atoms with Crippen LogP contribution in [0.4, 0.5) is 5.69 Å². The van der Waals surface area contributed by atoms with Crippen molar-refractivity contribution in [2.24, 2.45) is 0 Å². The molecule has 0 aromatic heterocycles. The predicted molar refractivity (Wildman–Crippen MR) is 93.4 cm³/mol. The quantitative estimate of drug-likeness (QED) is 0.618. The second-order valence-corrected chi connectivity index (χ2v) is 6.61. The molecule has 0 bridgehead atoms. The number of nitrogens with one attached hydrogen (secondary N) is 2. The van der Waals surface area contributed by atoms with Crippen LogP contribution in [0, 0.1) is 6.92 Å². The first kappa shape index (κ1) is 18.0. The summed E-state index contributed by atoms with van der Waals surface area (Å²) in [5.74, 6) is 1.40. The monoisotopic (exact) mass is 322 g/mol. The Hall–Kier alpha value is -1.30. The highest BCUT2D eigenvalue weighted by Crippen LogP contribution is 2.36. The first-order valence-electron chi connectivity index (χ1n) is 8.56. The Bertz CT molecular complexity index is 499. The number of benzene rings is 1. The second-order valence-electron chi connectivity index (χ2n) is 6.61. The molecule has 1 saturated heterocycles. The van der Waals surface area contributed by atoms with Gasteiger partial charge in [-0.3, -0.25) is 0 Å². The van der Waals surface area contributed by atoms with Crippen LogP contribution in [-0.2, 0) is 0 Å². The van der Waals surface area contributed by atoms with Crippen molar-refractivity contribution in [1.29, 1.82) is 0 Å². The van der Waals surface area contributed by atoms with Gasteiger partial charge in [0.05, 0.1) is 24.5 Å². The number of aliphatic hydroxyl groups is 2. The molecule has 1 aliphatic rings. The lowest BCUT2D eigenvalue weighted by atomic mass is 9.87. The van der Waals surface area contributed by atoms with E-state index in [9.17, 15) is 5.11 Å². The Morgan fingerprint density at radius 2 is 2.00 bits per heavy atom. The molecule has 4 N–H and O–H groups in total. The van der Waals surface area contributed by atoms with Gasteiger partial charge in [-0.1, -0.05) is 0 Å². The number of aryl methyl sites for hydroxylation is 1. The molecule has 1 aromatic rings. The summed E-state index contributed by atoms with van der Waals surface area (Å²) in [5.41, 5.74) is 3.48. The van der Waals surface area contributed by atoms with Gasteiger partial charge in [0.1, 0.15) is 5.75 Å². The van der Waals surface area contributed by atoms with Gasteiger partial charge in [0.2, 0.25) is 0 Å². The van der Waals surface area contributed by atoms with Crippen LogP contribution in [0.15, 0.2) is 12.1 Å². The number of ether oxygens (including phenoxy) is 1. The standard InChI is InChI=1S/C18H30N2O3/c1-12(2)23-18-9-16(14-4-6-19-7-5-14)13(3)8-17(18)20-10-15(22)11-21/h8-9,12,14-15,19-22H,4-7,10-11H2,1-3H3. The van der Waals surface area contributed by atoms with E-state index in [1.165, 1.54) is 11.1 Å². The molecule has 0 saturated carbocycles. The fraction of sp³-hybridized carbons (Fsp3) is 0.667. The molecule has 1 fully saturated rings. The highest BCUT2D eigenvalue weighted by atomic mass is 16.5. The van der Waals surface area contributed by atoms with Gasteiger partial charge in [0.25, 0.3) is 0 Å². The third-order valence-electron chi connectivity index (χ3n) is 4.25. The molecular weight excluding hydrogens is 292 g/mol. The summed E-state index contributed by atoms with van der Waals surface area (Å²) in [6.07, 6.45) is 1.61. The van der Waals surface area contributed by atoms with Gasteiger partial charge in [-0.25, -0.2) is 0 Å². The number of piperidine rings is 1. The van der Waals surface area contributed by atoms with E-state index in [1.807, 2.05) is 13.8 Å². The molecule has 1 heterocycles. The molecule has 1 aromatic carbocycles. The maximum atomic E-state index is 9.56. The Morgan fingerprint density at radius 3 is 2.61 bits per heavy atom. The van der Waals surface area contributed by atoms with E-state index in [-0.39, 0.29) is 12.7 Å². The van der Waals surface area contributed by atoms with Crippen LogP contribution in [0.3, 0.4) is 0 Å². The van der Waals surface area contributed by atoms with Gasteiger partial charge >= 0.3 is 0 Å². The third-order valence-corrected chi connectivity index (χ3v) is 4.25. The van der Waals surface area contributed by atoms with E-state index >= 15 is 0 Å². The Labute approximate surface area is 139 Å². The van der Waals surface area contributed by atoms with E-state index in [1.54, 1.807) is 0 Å². The van der Waals surface area contributed by atoms with Gasteiger partial charge in [0, 0.05) is 6.54 Å². The molecule has 1 atom stereocenters. The molecule has 0 spiro atoms. The first-order valence-corrected chi connectivity index (χ1v) is 8.56. The lowest BCUT2D eigenvalue weighted by Gasteiger charge is -2.26. The summed E-state index contributed by atoms with van der Waals surface area (Å²) in [6.45, 7) is 8.33. The highest BCUT2D eigenvalue weighted by molar-refractivity contribution is 5.61. The molecule has 0 aliphatic carbocycles. The van der Waals surface area contributed by atoms with Crippen LogP contribution in [0.1, 0.15) is 43.7 Å². The number of aliphatic hydroxyl groups excluding tert-OH is 2. The lowest BCUT2D eigenvalue weighted by molar-refractivity contribution is 0.105. The van der Waals surface area contributed by atoms with E-state index < -0.39 is 6.10 Å². The molecule has 1 unspecified atom stereocenters. The van der Waals surface area contributed by atoms with Crippen LogP contribution in [0.25, 0.3) is 0 Å². The van der Waals surface area contributed by atoms with Crippen molar-refractivity contribution < 1.29 is 14.9 Å². The molecule has 130 valence electrons. The fourth-order valence-electron chi connectivity index (χ4n) is 3.06. The topological polar surface area (TPSA) is 73.8 Å². The molecular formula is C18H30N2O3. The van der Waals surface area contributed by atoms with E-state index in [0.29, 0.717) is 12.5 Å². The third kappa shape index (κ3) is 5.09. The van der Waals surface area contributed by atoms with Gasteiger partial charge in [0.15, 0.2) is 0 Å². The maximum absolute atomic E-state index is 9.56. The number of rotatable bonds is 7. The minimum Gasteiger partial charge on any atom is -0.489 e. The van der Waals surface area contributed by atoms with Crippen molar-refractivity contribution >= 4 is 5.69 Å². The van der Waals surface area contributed by atoms with Gasteiger partial charge in [-0.15, -0.1) is 0 Å². The molecule has 1 aliphatic heterocycles. The van der Waals surface area contributed by atoms with E-state index in [2.05, 4.69) is 29.7 Å². The van der Waals surface area contributed by atoms with E-state index in [0.717, 1.165) is 37.4 Å². The SMILES string of the molecule is Cc1cc(NCC(O)CO)c(OC(C)C)cc1C1CCNCC1. The average molecular weight is 322 g/mol.